The van der Waals surface area contributed by atoms with Crippen LogP contribution < -0.4 is 0 Å². The molecule has 0 atom stereocenters. The normalized spacial score (nSPS) is 10.9. The topological polar surface area (TPSA) is 38.0 Å². The third kappa shape index (κ3) is 3.07. The third-order valence-electron chi connectivity index (χ3n) is 4.91. The summed E-state index contributed by atoms with van der Waals surface area (Å²) in [7, 11) is 0. The number of aliphatic hydroxyl groups is 1. The fourth-order valence-corrected chi connectivity index (χ4v) is 3.63. The molecule has 0 amide bonds. The Morgan fingerprint density at radius 3 is 1.85 bits per heavy atom. The lowest BCUT2D eigenvalue weighted by molar-refractivity contribution is 0.214. The number of hydrogen-bond acceptors (Lipinski definition) is 2. The van der Waals surface area contributed by atoms with E-state index in [1.807, 2.05) is 41.0 Å². The maximum Gasteiger partial charge on any atom is 0.143 e. The van der Waals surface area contributed by atoms with E-state index in [-0.39, 0.29) is 6.73 Å². The summed E-state index contributed by atoms with van der Waals surface area (Å²) in [5.41, 5.74) is 7.26. The first-order valence-electron chi connectivity index (χ1n) is 9.09. The van der Waals surface area contributed by atoms with Gasteiger partial charge in [-0.25, -0.2) is 4.98 Å². The third-order valence-corrected chi connectivity index (χ3v) is 4.91. The Bertz CT molecular complexity index is 1050. The molecule has 0 saturated heterocycles. The van der Waals surface area contributed by atoms with Gasteiger partial charge in [0.25, 0.3) is 0 Å². The summed E-state index contributed by atoms with van der Waals surface area (Å²) >= 11 is 0. The molecule has 0 saturated carbocycles. The summed E-state index contributed by atoms with van der Waals surface area (Å²) in [6.45, 7) is 4.04. The number of aromatic nitrogens is 2. The average Bonchev–Trinajstić information content (AvgIpc) is 3.08. The van der Waals surface area contributed by atoms with E-state index in [0.29, 0.717) is 0 Å². The molecule has 0 aliphatic carbocycles. The van der Waals surface area contributed by atoms with Crippen LogP contribution in [0.15, 0.2) is 78.9 Å². The van der Waals surface area contributed by atoms with E-state index < -0.39 is 0 Å². The molecule has 27 heavy (non-hydrogen) atoms. The largest absolute Gasteiger partial charge is 0.376 e. The van der Waals surface area contributed by atoms with Gasteiger partial charge in [-0.1, -0.05) is 78.9 Å². The second-order valence-corrected chi connectivity index (χ2v) is 6.70. The van der Waals surface area contributed by atoms with Gasteiger partial charge in [-0.05, 0) is 25.0 Å². The molecular weight excluding hydrogens is 332 g/mol. The molecule has 0 radical (unpaired) electrons. The zero-order valence-corrected chi connectivity index (χ0v) is 15.6. The number of aliphatic hydroxyl groups excluding tert-OH is 1. The quantitative estimate of drug-likeness (QED) is 0.529. The van der Waals surface area contributed by atoms with Crippen molar-refractivity contribution in [1.82, 2.24) is 9.55 Å². The highest BCUT2D eigenvalue weighted by atomic mass is 16.3. The van der Waals surface area contributed by atoms with Crippen molar-refractivity contribution >= 4 is 0 Å². The first-order chi connectivity index (χ1) is 13.2. The minimum absolute atomic E-state index is 0.132. The van der Waals surface area contributed by atoms with E-state index >= 15 is 0 Å². The van der Waals surface area contributed by atoms with Gasteiger partial charge in [-0.15, -0.1) is 0 Å². The molecule has 0 aliphatic heterocycles. The lowest BCUT2D eigenvalue weighted by Gasteiger charge is -2.13. The maximum atomic E-state index is 10.3. The average molecular weight is 354 g/mol. The predicted molar refractivity (Wildman–Crippen MR) is 110 cm³/mol. The molecule has 1 aromatic heterocycles. The van der Waals surface area contributed by atoms with Crippen molar-refractivity contribution in [3.63, 3.8) is 0 Å². The molecule has 3 heteroatoms. The number of benzene rings is 3. The molecule has 1 heterocycles. The molecule has 4 rings (SSSR count). The number of nitrogens with zero attached hydrogens (tertiary/aromatic N) is 2. The fraction of sp³-hybridized carbons (Fsp3) is 0.125. The predicted octanol–water partition coefficient (Wildman–Crippen LogP) is 5.45. The van der Waals surface area contributed by atoms with Crippen LogP contribution in [0, 0.1) is 13.8 Å². The van der Waals surface area contributed by atoms with Crippen molar-refractivity contribution in [1.29, 1.82) is 0 Å². The summed E-state index contributed by atoms with van der Waals surface area (Å²) in [4.78, 5) is 5.02. The lowest BCUT2D eigenvalue weighted by atomic mass is 10.0. The van der Waals surface area contributed by atoms with Crippen molar-refractivity contribution in [2.45, 2.75) is 20.6 Å². The number of imidazole rings is 1. The van der Waals surface area contributed by atoms with Crippen molar-refractivity contribution in [3.8, 4) is 33.9 Å². The summed E-state index contributed by atoms with van der Waals surface area (Å²) in [6, 6.07) is 26.5. The summed E-state index contributed by atoms with van der Waals surface area (Å²) in [5, 5.41) is 10.3. The van der Waals surface area contributed by atoms with Crippen LogP contribution in [0.3, 0.4) is 0 Å². The minimum atomic E-state index is -0.132. The van der Waals surface area contributed by atoms with Gasteiger partial charge in [-0.2, -0.15) is 0 Å². The van der Waals surface area contributed by atoms with E-state index in [1.54, 1.807) is 0 Å². The molecule has 0 unspecified atom stereocenters. The highest BCUT2D eigenvalue weighted by Gasteiger charge is 2.22. The van der Waals surface area contributed by atoms with Gasteiger partial charge in [0.1, 0.15) is 12.6 Å². The molecule has 0 bridgehead atoms. The van der Waals surface area contributed by atoms with Crippen LogP contribution in [0.1, 0.15) is 11.1 Å². The van der Waals surface area contributed by atoms with Crippen molar-refractivity contribution in [2.24, 2.45) is 0 Å². The molecule has 1 N–H and O–H groups in total. The Morgan fingerprint density at radius 1 is 0.741 bits per heavy atom. The Kier molecular flexibility index (Phi) is 4.61. The van der Waals surface area contributed by atoms with E-state index in [1.165, 1.54) is 0 Å². The van der Waals surface area contributed by atoms with Gasteiger partial charge in [0.05, 0.1) is 11.4 Å². The van der Waals surface area contributed by atoms with Crippen LogP contribution in [-0.4, -0.2) is 14.7 Å². The second kappa shape index (κ2) is 7.22. The van der Waals surface area contributed by atoms with Gasteiger partial charge < -0.3 is 5.11 Å². The first kappa shape index (κ1) is 17.3. The van der Waals surface area contributed by atoms with Crippen molar-refractivity contribution < 1.29 is 5.11 Å². The van der Waals surface area contributed by atoms with E-state index in [2.05, 4.69) is 56.3 Å². The molecular formula is C24H22N2O. The zero-order valence-electron chi connectivity index (χ0n) is 15.6. The second-order valence-electron chi connectivity index (χ2n) is 6.70. The molecule has 134 valence electrons. The summed E-state index contributed by atoms with van der Waals surface area (Å²) < 4.78 is 1.91. The van der Waals surface area contributed by atoms with Gasteiger partial charge in [0, 0.05) is 16.7 Å². The highest BCUT2D eigenvalue weighted by Crippen LogP contribution is 2.37. The van der Waals surface area contributed by atoms with E-state index in [0.717, 1.165) is 45.0 Å². The van der Waals surface area contributed by atoms with Crippen molar-refractivity contribution in [3.05, 3.63) is 90.0 Å². The Morgan fingerprint density at radius 2 is 1.30 bits per heavy atom. The highest BCUT2D eigenvalue weighted by molar-refractivity contribution is 5.83. The molecule has 0 fully saturated rings. The van der Waals surface area contributed by atoms with Gasteiger partial charge in [-0.3, -0.25) is 4.57 Å². The minimum Gasteiger partial charge on any atom is -0.376 e. The van der Waals surface area contributed by atoms with E-state index in [9.17, 15) is 5.11 Å². The summed E-state index contributed by atoms with van der Waals surface area (Å²) in [5.74, 6) is 0.797. The van der Waals surface area contributed by atoms with E-state index in [4.69, 9.17) is 4.98 Å². The molecule has 4 aromatic rings. The monoisotopic (exact) mass is 354 g/mol. The maximum absolute atomic E-state index is 10.3. The van der Waals surface area contributed by atoms with Crippen LogP contribution in [0.25, 0.3) is 33.9 Å². The Labute approximate surface area is 159 Å². The van der Waals surface area contributed by atoms with Gasteiger partial charge in [0.2, 0.25) is 0 Å². The Hall–Kier alpha value is -3.17. The molecule has 3 aromatic carbocycles. The Balaban J connectivity index is 2.07. The number of aryl methyl sites for hydroxylation is 2. The molecule has 3 nitrogen and oxygen atoms in total. The standard InChI is InChI=1S/C24H22N2O/c1-17-10-9-11-18(2)21(17)24-25-22(19-12-5-3-6-13-19)23(26(24)16-27)20-14-7-4-8-15-20/h3-15,27H,16H2,1-2H3. The van der Waals surface area contributed by atoms with Gasteiger partial charge in [0.15, 0.2) is 0 Å². The van der Waals surface area contributed by atoms with Crippen LogP contribution in [0.4, 0.5) is 0 Å². The molecule has 0 spiro atoms. The zero-order chi connectivity index (χ0) is 18.8. The smallest absolute Gasteiger partial charge is 0.143 e. The van der Waals surface area contributed by atoms with Crippen LogP contribution in [0.2, 0.25) is 0 Å². The van der Waals surface area contributed by atoms with Crippen LogP contribution in [0.5, 0.6) is 0 Å². The van der Waals surface area contributed by atoms with Crippen LogP contribution in [-0.2, 0) is 6.73 Å². The van der Waals surface area contributed by atoms with Gasteiger partial charge >= 0.3 is 0 Å². The van der Waals surface area contributed by atoms with Crippen molar-refractivity contribution in [2.75, 3.05) is 0 Å². The number of rotatable bonds is 4. The first-order valence-corrected chi connectivity index (χ1v) is 9.09. The lowest BCUT2D eigenvalue weighted by Crippen LogP contribution is -2.04. The SMILES string of the molecule is Cc1cccc(C)c1-c1nc(-c2ccccc2)c(-c2ccccc2)n1CO. The fourth-order valence-electron chi connectivity index (χ4n) is 3.63. The molecule has 0 aliphatic rings. The van der Waals surface area contributed by atoms with Crippen LogP contribution >= 0.6 is 0 Å². The summed E-state index contributed by atoms with van der Waals surface area (Å²) in [6.07, 6.45) is 0. The number of hydrogen-bond donors (Lipinski definition) is 1.